The molecule has 2 aliphatic heterocycles. The Morgan fingerprint density at radius 2 is 1.88 bits per heavy atom. The number of imidazole rings is 1. The smallest absolute Gasteiger partial charge is 0.337 e. The average molecular weight is 549 g/mol. The zero-order valence-electron chi connectivity index (χ0n) is 21.3. The maximum atomic E-state index is 13.6. The Balaban J connectivity index is 1.31. The molecule has 0 saturated heterocycles. The van der Waals surface area contributed by atoms with Crippen LogP contribution < -0.4 is 10.3 Å². The number of ether oxygens (including phenoxy) is 1. The number of thioether (sulfide) groups is 1. The summed E-state index contributed by atoms with van der Waals surface area (Å²) in [5.74, 6) is -0.164. The normalized spacial score (nSPS) is 17.9. The maximum absolute atomic E-state index is 13.6. The molecule has 2 atom stereocenters. The van der Waals surface area contributed by atoms with E-state index >= 15 is 0 Å². The highest BCUT2D eigenvalue weighted by Crippen LogP contribution is 2.43. The Morgan fingerprint density at radius 1 is 1.05 bits per heavy atom. The van der Waals surface area contributed by atoms with Gasteiger partial charge in [-0.1, -0.05) is 78.0 Å². The fraction of sp³-hybridized carbons (Fsp3) is 0.161. The Labute approximate surface area is 233 Å². The second-order valence-corrected chi connectivity index (χ2v) is 10.8. The van der Waals surface area contributed by atoms with Crippen molar-refractivity contribution in [3.8, 4) is 6.01 Å². The summed E-state index contributed by atoms with van der Waals surface area (Å²) >= 11 is 1.47. The third-order valence-electron chi connectivity index (χ3n) is 7.32. The molecule has 3 aromatic carbocycles. The number of carbonyl (C=O) groups is 1. The molecule has 0 saturated carbocycles. The van der Waals surface area contributed by atoms with Crippen LogP contribution >= 0.6 is 11.8 Å². The molecule has 198 valence electrons. The van der Waals surface area contributed by atoms with E-state index in [2.05, 4.69) is 39.4 Å². The molecule has 1 N–H and O–H groups in total. The van der Waals surface area contributed by atoms with Crippen LogP contribution in [-0.4, -0.2) is 32.0 Å². The van der Waals surface area contributed by atoms with Gasteiger partial charge >= 0.3 is 12.0 Å². The Kier molecular flexibility index (Phi) is 6.20. The predicted molar refractivity (Wildman–Crippen MR) is 153 cm³/mol. The van der Waals surface area contributed by atoms with Gasteiger partial charge in [-0.2, -0.15) is 0 Å². The van der Waals surface area contributed by atoms with Gasteiger partial charge in [0, 0.05) is 36.2 Å². The predicted octanol–water partition coefficient (Wildman–Crippen LogP) is 5.43. The van der Waals surface area contributed by atoms with Crippen molar-refractivity contribution in [1.82, 2.24) is 14.5 Å². The zero-order valence-corrected chi connectivity index (χ0v) is 22.1. The first-order valence-electron chi connectivity index (χ1n) is 13.0. The van der Waals surface area contributed by atoms with Crippen LogP contribution in [0, 0.1) is 0 Å². The van der Waals surface area contributed by atoms with E-state index < -0.39 is 18.1 Å². The van der Waals surface area contributed by atoms with E-state index in [1.165, 1.54) is 18.0 Å². The summed E-state index contributed by atoms with van der Waals surface area (Å²) in [5.41, 5.74) is 4.47. The molecular weight excluding hydrogens is 524 g/mol. The monoisotopic (exact) mass is 548 g/mol. The van der Waals surface area contributed by atoms with Gasteiger partial charge in [0.05, 0.1) is 10.7 Å². The number of pyridine rings is 1. The number of nitrogens with zero attached hydrogens (tertiary/aromatic N) is 3. The molecule has 0 amide bonds. The van der Waals surface area contributed by atoms with Crippen molar-refractivity contribution in [3.05, 3.63) is 124 Å². The number of nitrogens with one attached hydrogen (secondary N) is 1. The molecule has 5 aromatic rings. The number of esters is 1. The molecule has 9 heteroatoms. The summed E-state index contributed by atoms with van der Waals surface area (Å²) in [5, 5.41) is 7.43. The molecule has 0 bridgehead atoms. The largest absolute Gasteiger partial charge is 0.391 e. The van der Waals surface area contributed by atoms with E-state index in [4.69, 9.17) is 9.57 Å². The van der Waals surface area contributed by atoms with Crippen molar-refractivity contribution in [2.75, 3.05) is 5.75 Å². The van der Waals surface area contributed by atoms with E-state index in [-0.39, 0.29) is 11.6 Å². The Bertz CT molecular complexity index is 1810. The summed E-state index contributed by atoms with van der Waals surface area (Å²) < 4.78 is 6.98. The first-order chi connectivity index (χ1) is 19.7. The first kappa shape index (κ1) is 24.4. The number of H-pyrrole nitrogens is 1. The van der Waals surface area contributed by atoms with E-state index in [1.54, 1.807) is 16.8 Å². The van der Waals surface area contributed by atoms with Gasteiger partial charge < -0.3 is 14.6 Å². The first-order valence-corrected chi connectivity index (χ1v) is 14.0. The van der Waals surface area contributed by atoms with Crippen LogP contribution in [0.4, 0.5) is 0 Å². The zero-order chi connectivity index (χ0) is 27.1. The van der Waals surface area contributed by atoms with Crippen molar-refractivity contribution in [1.29, 1.82) is 0 Å². The summed E-state index contributed by atoms with van der Waals surface area (Å²) in [4.78, 5) is 39.5. The molecule has 40 heavy (non-hydrogen) atoms. The lowest BCUT2D eigenvalue weighted by Crippen LogP contribution is -2.32. The number of aromatic nitrogens is 3. The van der Waals surface area contributed by atoms with E-state index in [0.29, 0.717) is 18.6 Å². The van der Waals surface area contributed by atoms with Gasteiger partial charge in [-0.3, -0.25) is 9.36 Å². The lowest BCUT2D eigenvalue weighted by Gasteiger charge is -2.20. The lowest BCUT2D eigenvalue weighted by atomic mass is 9.92. The van der Waals surface area contributed by atoms with Crippen LogP contribution in [0.5, 0.6) is 6.01 Å². The van der Waals surface area contributed by atoms with Crippen molar-refractivity contribution in [2.24, 2.45) is 5.16 Å². The number of fused-ring (bicyclic) bond motifs is 2. The van der Waals surface area contributed by atoms with Crippen LogP contribution in [0.25, 0.3) is 10.8 Å². The van der Waals surface area contributed by atoms with Crippen molar-refractivity contribution in [2.45, 2.75) is 30.0 Å². The summed E-state index contributed by atoms with van der Waals surface area (Å²) in [6.45, 7) is 0. The molecule has 2 unspecified atom stereocenters. The molecule has 0 aliphatic carbocycles. The van der Waals surface area contributed by atoms with Gasteiger partial charge in [0.25, 0.3) is 5.56 Å². The van der Waals surface area contributed by atoms with Crippen LogP contribution in [0.15, 0.2) is 106 Å². The summed E-state index contributed by atoms with van der Waals surface area (Å²) in [7, 11) is 0. The van der Waals surface area contributed by atoms with E-state index in [1.807, 2.05) is 48.5 Å². The third-order valence-corrected chi connectivity index (χ3v) is 8.49. The number of rotatable bonds is 6. The summed E-state index contributed by atoms with van der Waals surface area (Å²) in [6, 6.07) is 25.3. The molecule has 0 spiro atoms. The number of benzene rings is 3. The third kappa shape index (κ3) is 4.38. The Hall–Kier alpha value is -4.63. The quantitative estimate of drug-likeness (QED) is 0.284. The van der Waals surface area contributed by atoms with Crippen molar-refractivity contribution < 1.29 is 14.4 Å². The van der Waals surface area contributed by atoms with Crippen LogP contribution in [-0.2, 0) is 16.1 Å². The highest BCUT2D eigenvalue weighted by Gasteiger charge is 2.38. The molecule has 0 radical (unpaired) electrons. The SMILES string of the molecule is O=C(Oc1ncc[nH]1)C1CSc2c(C3CC(c4ccccc4)=NO3)c(Cc3cccc4ccccc34)cc(=O)n21. The van der Waals surface area contributed by atoms with Gasteiger partial charge in [-0.05, 0) is 33.9 Å². The van der Waals surface area contributed by atoms with Crippen LogP contribution in [0.1, 0.15) is 40.8 Å². The van der Waals surface area contributed by atoms with Crippen molar-refractivity contribution in [3.63, 3.8) is 0 Å². The van der Waals surface area contributed by atoms with Gasteiger partial charge in [-0.25, -0.2) is 9.78 Å². The molecule has 7 rings (SSSR count). The number of aromatic amines is 1. The topological polar surface area (TPSA) is 98.6 Å². The Morgan fingerprint density at radius 3 is 2.73 bits per heavy atom. The molecule has 8 nitrogen and oxygen atoms in total. The van der Waals surface area contributed by atoms with E-state index in [0.717, 1.165) is 43.8 Å². The summed E-state index contributed by atoms with van der Waals surface area (Å²) in [6.07, 6.45) is 3.79. The molecule has 2 aliphatic rings. The average Bonchev–Trinajstić information content (AvgIpc) is 3.76. The van der Waals surface area contributed by atoms with E-state index in [9.17, 15) is 9.59 Å². The van der Waals surface area contributed by atoms with Crippen LogP contribution in [0.3, 0.4) is 0 Å². The molecule has 0 fully saturated rings. The number of oxime groups is 1. The van der Waals surface area contributed by atoms with Gasteiger partial charge in [0.1, 0.15) is 6.04 Å². The van der Waals surface area contributed by atoms with Gasteiger partial charge in [-0.15, -0.1) is 11.8 Å². The number of carbonyl (C=O) groups excluding carboxylic acids is 1. The second kappa shape index (κ2) is 10.2. The van der Waals surface area contributed by atoms with Crippen LogP contribution in [0.2, 0.25) is 0 Å². The molecule has 2 aromatic heterocycles. The fourth-order valence-corrected chi connectivity index (χ4v) is 6.83. The minimum atomic E-state index is -0.779. The highest BCUT2D eigenvalue weighted by atomic mass is 32.2. The fourth-order valence-electron chi connectivity index (χ4n) is 5.46. The van der Waals surface area contributed by atoms with Crippen molar-refractivity contribution >= 4 is 34.2 Å². The maximum Gasteiger partial charge on any atom is 0.337 e. The standard InChI is InChI=1S/C31H24N4O4S/c36-27-16-22(15-21-11-6-10-19-7-4-5-12-23(19)21)28(26-17-24(34-39-26)20-8-2-1-3-9-20)29-35(27)25(18-40-29)30(37)38-31-32-13-14-33-31/h1-14,16,25-26H,15,17-18H2,(H,32,33). The van der Waals surface area contributed by atoms with Gasteiger partial charge in [0.15, 0.2) is 6.10 Å². The molecule has 4 heterocycles. The minimum absolute atomic E-state index is 0.101. The minimum Gasteiger partial charge on any atom is -0.391 e. The lowest BCUT2D eigenvalue weighted by molar-refractivity contribution is -0.138. The second-order valence-electron chi connectivity index (χ2n) is 9.76. The number of hydrogen-bond donors (Lipinski definition) is 1. The highest BCUT2D eigenvalue weighted by molar-refractivity contribution is 7.99. The molecular formula is C31H24N4O4S. The van der Waals surface area contributed by atoms with Gasteiger partial charge in [0.2, 0.25) is 0 Å². The number of hydrogen-bond acceptors (Lipinski definition) is 7.